The number of halogens is 1. The van der Waals surface area contributed by atoms with Gasteiger partial charge in [-0.2, -0.15) is 0 Å². The molecular formula is C15H14ClN3O2. The zero-order valence-electron chi connectivity index (χ0n) is 11.3. The molecule has 2 N–H and O–H groups in total. The van der Waals surface area contributed by atoms with E-state index in [-0.39, 0.29) is 5.69 Å². The summed E-state index contributed by atoms with van der Waals surface area (Å²) in [5.74, 6) is 0. The van der Waals surface area contributed by atoms with Crippen LogP contribution in [-0.4, -0.2) is 11.5 Å². The van der Waals surface area contributed by atoms with Crippen LogP contribution in [0.25, 0.3) is 0 Å². The fraction of sp³-hybridized carbons (Fsp3) is 0.200. The molecule has 0 spiro atoms. The molecule has 0 amide bonds. The van der Waals surface area contributed by atoms with Crippen molar-refractivity contribution in [3.8, 4) is 0 Å². The molecule has 0 saturated heterocycles. The van der Waals surface area contributed by atoms with E-state index in [1.807, 2.05) is 17.0 Å². The fourth-order valence-electron chi connectivity index (χ4n) is 2.72. The van der Waals surface area contributed by atoms with Crippen LogP contribution in [0.2, 0.25) is 5.02 Å². The van der Waals surface area contributed by atoms with E-state index in [1.165, 1.54) is 11.6 Å². The quantitative estimate of drug-likeness (QED) is 0.524. The molecular weight excluding hydrogens is 290 g/mol. The SMILES string of the molecule is Nc1cccc2c1CN(c1ccc(Cl)cc1[N+](=O)[O-])CC2. The van der Waals surface area contributed by atoms with Crippen LogP contribution in [-0.2, 0) is 13.0 Å². The predicted molar refractivity (Wildman–Crippen MR) is 83.7 cm³/mol. The highest BCUT2D eigenvalue weighted by Crippen LogP contribution is 2.35. The van der Waals surface area contributed by atoms with E-state index in [0.29, 0.717) is 17.3 Å². The zero-order chi connectivity index (χ0) is 15.0. The number of nitro groups is 1. The molecule has 0 atom stereocenters. The summed E-state index contributed by atoms with van der Waals surface area (Å²) in [5, 5.41) is 11.6. The molecule has 0 aromatic heterocycles. The predicted octanol–water partition coefficient (Wildman–Crippen LogP) is 3.39. The molecule has 1 aliphatic heterocycles. The van der Waals surface area contributed by atoms with Crippen LogP contribution < -0.4 is 10.6 Å². The number of fused-ring (bicyclic) bond motifs is 1. The summed E-state index contributed by atoms with van der Waals surface area (Å²) < 4.78 is 0. The number of nitrogens with zero attached hydrogens (tertiary/aromatic N) is 2. The molecule has 0 aliphatic carbocycles. The maximum atomic E-state index is 11.2. The summed E-state index contributed by atoms with van der Waals surface area (Å²) in [7, 11) is 0. The molecule has 0 radical (unpaired) electrons. The third kappa shape index (κ3) is 2.52. The van der Waals surface area contributed by atoms with Gasteiger partial charge >= 0.3 is 0 Å². The third-order valence-corrected chi connectivity index (χ3v) is 4.02. The van der Waals surface area contributed by atoms with E-state index in [4.69, 9.17) is 17.3 Å². The lowest BCUT2D eigenvalue weighted by atomic mass is 9.97. The molecule has 0 bridgehead atoms. The first-order chi connectivity index (χ1) is 10.1. The monoisotopic (exact) mass is 303 g/mol. The van der Waals surface area contributed by atoms with Crippen molar-refractivity contribution in [2.24, 2.45) is 0 Å². The maximum Gasteiger partial charge on any atom is 0.294 e. The van der Waals surface area contributed by atoms with E-state index in [2.05, 4.69) is 6.07 Å². The van der Waals surface area contributed by atoms with E-state index < -0.39 is 4.92 Å². The fourth-order valence-corrected chi connectivity index (χ4v) is 2.89. The van der Waals surface area contributed by atoms with Gasteiger partial charge in [0.1, 0.15) is 5.69 Å². The van der Waals surface area contributed by atoms with Crippen molar-refractivity contribution >= 4 is 28.7 Å². The van der Waals surface area contributed by atoms with Crippen molar-refractivity contribution < 1.29 is 4.92 Å². The van der Waals surface area contributed by atoms with E-state index >= 15 is 0 Å². The van der Waals surface area contributed by atoms with Crippen LogP contribution in [0.1, 0.15) is 11.1 Å². The number of nitro benzene ring substituents is 1. The molecule has 21 heavy (non-hydrogen) atoms. The average Bonchev–Trinajstić information content (AvgIpc) is 2.47. The summed E-state index contributed by atoms with van der Waals surface area (Å²) in [4.78, 5) is 12.8. The van der Waals surface area contributed by atoms with Gasteiger partial charge in [0.2, 0.25) is 0 Å². The highest BCUT2D eigenvalue weighted by Gasteiger charge is 2.24. The molecule has 2 aromatic carbocycles. The van der Waals surface area contributed by atoms with Gasteiger partial charge in [-0.05, 0) is 35.7 Å². The van der Waals surface area contributed by atoms with E-state index in [1.54, 1.807) is 12.1 Å². The Morgan fingerprint density at radius 3 is 2.86 bits per heavy atom. The second kappa shape index (κ2) is 5.26. The number of benzene rings is 2. The largest absolute Gasteiger partial charge is 0.398 e. The Kier molecular flexibility index (Phi) is 3.43. The van der Waals surface area contributed by atoms with Gasteiger partial charge < -0.3 is 10.6 Å². The zero-order valence-corrected chi connectivity index (χ0v) is 12.0. The molecule has 0 saturated carbocycles. The van der Waals surface area contributed by atoms with Crippen LogP contribution in [0.5, 0.6) is 0 Å². The number of hydrogen-bond acceptors (Lipinski definition) is 4. The Bertz CT molecular complexity index is 718. The Morgan fingerprint density at radius 2 is 2.10 bits per heavy atom. The van der Waals surface area contributed by atoms with Crippen LogP contribution in [0, 0.1) is 10.1 Å². The Hall–Kier alpha value is -2.27. The van der Waals surface area contributed by atoms with Crippen molar-refractivity contribution in [1.29, 1.82) is 0 Å². The van der Waals surface area contributed by atoms with Crippen molar-refractivity contribution in [3.63, 3.8) is 0 Å². The molecule has 1 heterocycles. The summed E-state index contributed by atoms with van der Waals surface area (Å²) >= 11 is 5.86. The topological polar surface area (TPSA) is 72.4 Å². The summed E-state index contributed by atoms with van der Waals surface area (Å²) in [5.41, 5.74) is 9.62. The molecule has 1 aliphatic rings. The van der Waals surface area contributed by atoms with Gasteiger partial charge in [-0.25, -0.2) is 0 Å². The van der Waals surface area contributed by atoms with Crippen molar-refractivity contribution in [2.45, 2.75) is 13.0 Å². The highest BCUT2D eigenvalue weighted by molar-refractivity contribution is 6.30. The van der Waals surface area contributed by atoms with Crippen LogP contribution >= 0.6 is 11.6 Å². The van der Waals surface area contributed by atoms with Crippen molar-refractivity contribution in [2.75, 3.05) is 17.2 Å². The number of nitrogen functional groups attached to an aromatic ring is 1. The van der Waals surface area contributed by atoms with Crippen molar-refractivity contribution in [3.05, 3.63) is 62.7 Å². The smallest absolute Gasteiger partial charge is 0.294 e. The van der Waals surface area contributed by atoms with Crippen molar-refractivity contribution in [1.82, 2.24) is 0 Å². The number of nitrogens with two attached hydrogens (primary N) is 1. The molecule has 6 heteroatoms. The molecule has 3 rings (SSSR count). The Morgan fingerprint density at radius 1 is 1.29 bits per heavy atom. The molecule has 5 nitrogen and oxygen atoms in total. The van der Waals surface area contributed by atoms with Gasteiger partial charge in [0.05, 0.1) is 4.92 Å². The first-order valence-corrected chi connectivity index (χ1v) is 6.99. The first kappa shape index (κ1) is 13.7. The Labute approximate surface area is 127 Å². The minimum absolute atomic E-state index is 0.0282. The summed E-state index contributed by atoms with van der Waals surface area (Å²) in [6.45, 7) is 1.30. The second-order valence-electron chi connectivity index (χ2n) is 5.05. The van der Waals surface area contributed by atoms with Gasteiger partial charge in [0.15, 0.2) is 0 Å². The lowest BCUT2D eigenvalue weighted by Crippen LogP contribution is -2.31. The number of rotatable bonds is 2. The maximum absolute atomic E-state index is 11.2. The van der Waals surface area contributed by atoms with Gasteiger partial charge in [0.25, 0.3) is 5.69 Å². The minimum Gasteiger partial charge on any atom is -0.398 e. The number of hydrogen-bond donors (Lipinski definition) is 1. The highest BCUT2D eigenvalue weighted by atomic mass is 35.5. The first-order valence-electron chi connectivity index (χ1n) is 6.61. The van der Waals surface area contributed by atoms with Gasteiger partial charge in [-0.3, -0.25) is 10.1 Å². The lowest BCUT2D eigenvalue weighted by molar-refractivity contribution is -0.384. The van der Waals surface area contributed by atoms with Crippen LogP contribution in [0.3, 0.4) is 0 Å². The van der Waals surface area contributed by atoms with Gasteiger partial charge in [0, 0.05) is 29.9 Å². The van der Waals surface area contributed by atoms with Crippen LogP contribution in [0.15, 0.2) is 36.4 Å². The standard InChI is InChI=1S/C15H14ClN3O2/c16-11-4-5-14(15(8-11)19(20)21)18-7-6-10-2-1-3-13(17)12(10)9-18/h1-5,8H,6-7,9,17H2. The van der Waals surface area contributed by atoms with E-state index in [9.17, 15) is 10.1 Å². The van der Waals surface area contributed by atoms with Crippen LogP contribution in [0.4, 0.5) is 17.1 Å². The average molecular weight is 304 g/mol. The summed E-state index contributed by atoms with van der Waals surface area (Å²) in [6, 6.07) is 10.6. The lowest BCUT2D eigenvalue weighted by Gasteiger charge is -2.31. The van der Waals surface area contributed by atoms with Gasteiger partial charge in [-0.15, -0.1) is 0 Å². The number of anilines is 2. The molecule has 0 unspecified atom stereocenters. The summed E-state index contributed by atoms with van der Waals surface area (Å²) in [6.07, 6.45) is 0.820. The normalized spacial score (nSPS) is 13.9. The van der Waals surface area contributed by atoms with Gasteiger partial charge in [-0.1, -0.05) is 23.7 Å². The second-order valence-corrected chi connectivity index (χ2v) is 5.48. The third-order valence-electron chi connectivity index (χ3n) is 3.78. The molecule has 108 valence electrons. The minimum atomic E-state index is -0.398. The Balaban J connectivity index is 2.00. The molecule has 0 fully saturated rings. The molecule has 2 aromatic rings. The van der Waals surface area contributed by atoms with E-state index in [0.717, 1.165) is 24.2 Å².